The molecule has 5 nitrogen and oxygen atoms in total. The highest BCUT2D eigenvalue weighted by molar-refractivity contribution is 7.16. The average molecular weight is 290 g/mol. The molecule has 2 aliphatic rings. The van der Waals surface area contributed by atoms with Crippen LogP contribution < -0.4 is 10.2 Å². The van der Waals surface area contributed by atoms with Gasteiger partial charge in [0, 0.05) is 26.1 Å². The minimum Gasteiger partial charge on any atom is -0.393 e. The molecule has 3 heterocycles. The lowest BCUT2D eigenvalue weighted by atomic mass is 10.00. The van der Waals surface area contributed by atoms with Crippen LogP contribution in [0.25, 0.3) is 10.2 Å². The van der Waals surface area contributed by atoms with Crippen molar-refractivity contribution < 1.29 is 5.11 Å². The first-order valence-electron chi connectivity index (χ1n) is 7.12. The second-order valence-electron chi connectivity index (χ2n) is 5.73. The molecule has 1 saturated carbocycles. The number of hydrogen-bond acceptors (Lipinski definition) is 6. The molecule has 1 saturated heterocycles. The van der Waals surface area contributed by atoms with Crippen LogP contribution >= 0.6 is 11.3 Å². The van der Waals surface area contributed by atoms with E-state index in [1.807, 2.05) is 7.05 Å². The Labute approximate surface area is 121 Å². The molecule has 0 spiro atoms. The Morgan fingerprint density at radius 2 is 2.25 bits per heavy atom. The molecule has 2 aromatic heterocycles. The maximum absolute atomic E-state index is 10.1. The van der Waals surface area contributed by atoms with Crippen molar-refractivity contribution >= 4 is 33.3 Å². The number of anilines is 2. The smallest absolute Gasteiger partial charge is 0.225 e. The first-order valence-corrected chi connectivity index (χ1v) is 8.00. The SMILES string of the molecule is CNc1nc(N2CC3CCC(O)C3C2)c2ccsc2n1. The Hall–Kier alpha value is -1.40. The number of rotatable bonds is 2. The molecule has 6 heteroatoms. The van der Waals surface area contributed by atoms with Crippen molar-refractivity contribution in [2.75, 3.05) is 30.4 Å². The predicted octanol–water partition coefficient (Wildman–Crippen LogP) is 1.94. The average Bonchev–Trinajstić information content (AvgIpc) is 3.15. The molecule has 0 bridgehead atoms. The monoisotopic (exact) mass is 290 g/mol. The van der Waals surface area contributed by atoms with Gasteiger partial charge >= 0.3 is 0 Å². The summed E-state index contributed by atoms with van der Waals surface area (Å²) in [5, 5.41) is 16.3. The highest BCUT2D eigenvalue weighted by Gasteiger charge is 2.42. The normalized spacial score (nSPS) is 29.1. The number of aromatic nitrogens is 2. The minimum atomic E-state index is -0.131. The van der Waals surface area contributed by atoms with Crippen molar-refractivity contribution in [3.05, 3.63) is 11.4 Å². The molecule has 2 fully saturated rings. The highest BCUT2D eigenvalue weighted by Crippen LogP contribution is 2.41. The fourth-order valence-corrected chi connectivity index (χ4v) is 4.36. The number of nitrogens with zero attached hydrogens (tertiary/aromatic N) is 3. The second-order valence-corrected chi connectivity index (χ2v) is 6.63. The van der Waals surface area contributed by atoms with Crippen LogP contribution in [0.3, 0.4) is 0 Å². The predicted molar refractivity (Wildman–Crippen MR) is 81.4 cm³/mol. The zero-order valence-electron chi connectivity index (χ0n) is 11.4. The number of thiophene rings is 1. The van der Waals surface area contributed by atoms with E-state index in [0.29, 0.717) is 17.8 Å². The van der Waals surface area contributed by atoms with Crippen molar-refractivity contribution in [2.45, 2.75) is 18.9 Å². The topological polar surface area (TPSA) is 61.3 Å². The van der Waals surface area contributed by atoms with Crippen LogP contribution in [-0.4, -0.2) is 41.3 Å². The van der Waals surface area contributed by atoms with Gasteiger partial charge in [-0.2, -0.15) is 4.98 Å². The van der Waals surface area contributed by atoms with Gasteiger partial charge in [-0.3, -0.25) is 0 Å². The molecule has 1 aliphatic heterocycles. The van der Waals surface area contributed by atoms with E-state index in [0.717, 1.165) is 42.0 Å². The third-order valence-electron chi connectivity index (χ3n) is 4.65. The summed E-state index contributed by atoms with van der Waals surface area (Å²) in [7, 11) is 1.85. The summed E-state index contributed by atoms with van der Waals surface area (Å²) in [5.41, 5.74) is 0. The third kappa shape index (κ3) is 1.78. The van der Waals surface area contributed by atoms with Gasteiger partial charge in [0.15, 0.2) is 0 Å². The quantitative estimate of drug-likeness (QED) is 0.885. The van der Waals surface area contributed by atoms with Crippen LogP contribution in [0.5, 0.6) is 0 Å². The standard InChI is InChI=1S/C14H18N4OS/c1-15-14-16-12(9-4-5-20-13(9)17-14)18-6-8-2-3-11(19)10(8)7-18/h4-5,8,10-11,19H,2-3,6-7H2,1H3,(H,15,16,17). The van der Waals surface area contributed by atoms with Crippen molar-refractivity contribution in [1.82, 2.24) is 9.97 Å². The lowest BCUT2D eigenvalue weighted by Crippen LogP contribution is -2.25. The molecule has 20 heavy (non-hydrogen) atoms. The minimum absolute atomic E-state index is 0.131. The molecule has 106 valence electrons. The summed E-state index contributed by atoms with van der Waals surface area (Å²) >= 11 is 1.64. The number of nitrogens with one attached hydrogen (secondary N) is 1. The van der Waals surface area contributed by atoms with Crippen molar-refractivity contribution in [3.63, 3.8) is 0 Å². The third-order valence-corrected chi connectivity index (χ3v) is 5.45. The molecule has 0 aromatic carbocycles. The van der Waals surface area contributed by atoms with E-state index in [2.05, 4.69) is 31.6 Å². The first-order chi connectivity index (χ1) is 9.76. The molecule has 1 aliphatic carbocycles. The molecule has 2 N–H and O–H groups in total. The zero-order valence-corrected chi connectivity index (χ0v) is 12.2. The number of aliphatic hydroxyl groups excluding tert-OH is 1. The molecule has 0 radical (unpaired) electrons. The van der Waals surface area contributed by atoms with E-state index in [1.165, 1.54) is 0 Å². The van der Waals surface area contributed by atoms with E-state index in [-0.39, 0.29) is 6.10 Å². The van der Waals surface area contributed by atoms with Gasteiger partial charge in [-0.05, 0) is 30.2 Å². The molecular formula is C14H18N4OS. The Balaban J connectivity index is 1.73. The Bertz CT molecular complexity index is 643. The molecule has 3 atom stereocenters. The van der Waals surface area contributed by atoms with Crippen LogP contribution in [0, 0.1) is 11.8 Å². The van der Waals surface area contributed by atoms with Gasteiger partial charge in [0.1, 0.15) is 10.6 Å². The van der Waals surface area contributed by atoms with E-state index in [4.69, 9.17) is 0 Å². The van der Waals surface area contributed by atoms with Gasteiger partial charge < -0.3 is 15.3 Å². The lowest BCUT2D eigenvalue weighted by Gasteiger charge is -2.20. The van der Waals surface area contributed by atoms with Gasteiger partial charge in [0.25, 0.3) is 0 Å². The maximum atomic E-state index is 10.1. The van der Waals surface area contributed by atoms with E-state index in [1.54, 1.807) is 11.3 Å². The molecule has 4 rings (SSSR count). The van der Waals surface area contributed by atoms with Gasteiger partial charge in [0.2, 0.25) is 5.95 Å². The molecule has 0 amide bonds. The van der Waals surface area contributed by atoms with E-state index < -0.39 is 0 Å². The van der Waals surface area contributed by atoms with Crippen molar-refractivity contribution in [2.24, 2.45) is 11.8 Å². The van der Waals surface area contributed by atoms with Gasteiger partial charge in [-0.25, -0.2) is 4.98 Å². The van der Waals surface area contributed by atoms with Gasteiger partial charge in [0.05, 0.1) is 11.5 Å². The van der Waals surface area contributed by atoms with Crippen molar-refractivity contribution in [3.8, 4) is 0 Å². The lowest BCUT2D eigenvalue weighted by molar-refractivity contribution is 0.133. The molecular weight excluding hydrogens is 272 g/mol. The zero-order chi connectivity index (χ0) is 13.7. The summed E-state index contributed by atoms with van der Waals surface area (Å²) in [6.07, 6.45) is 1.97. The summed E-state index contributed by atoms with van der Waals surface area (Å²) in [5.74, 6) is 2.72. The van der Waals surface area contributed by atoms with Crippen LogP contribution in [0.1, 0.15) is 12.8 Å². The summed E-state index contributed by atoms with van der Waals surface area (Å²) < 4.78 is 0. The highest BCUT2D eigenvalue weighted by atomic mass is 32.1. The summed E-state index contributed by atoms with van der Waals surface area (Å²) in [6, 6.07) is 2.10. The van der Waals surface area contributed by atoms with E-state index in [9.17, 15) is 5.11 Å². The Morgan fingerprint density at radius 3 is 3.05 bits per heavy atom. The van der Waals surface area contributed by atoms with Gasteiger partial charge in [-0.1, -0.05) is 0 Å². The van der Waals surface area contributed by atoms with Crippen LogP contribution in [0.2, 0.25) is 0 Å². The number of hydrogen-bond donors (Lipinski definition) is 2. The second kappa shape index (κ2) is 4.56. The largest absolute Gasteiger partial charge is 0.393 e. The van der Waals surface area contributed by atoms with Crippen LogP contribution in [-0.2, 0) is 0 Å². The fraction of sp³-hybridized carbons (Fsp3) is 0.571. The fourth-order valence-electron chi connectivity index (χ4n) is 3.60. The van der Waals surface area contributed by atoms with E-state index >= 15 is 0 Å². The Morgan fingerprint density at radius 1 is 1.35 bits per heavy atom. The first kappa shape index (κ1) is 12.3. The summed E-state index contributed by atoms with van der Waals surface area (Å²) in [6.45, 7) is 1.92. The maximum Gasteiger partial charge on any atom is 0.225 e. The van der Waals surface area contributed by atoms with Crippen LogP contribution in [0.4, 0.5) is 11.8 Å². The molecule has 2 aromatic rings. The Kier molecular flexibility index (Phi) is 2.82. The summed E-state index contributed by atoms with van der Waals surface area (Å²) in [4.78, 5) is 12.5. The van der Waals surface area contributed by atoms with Crippen molar-refractivity contribution in [1.29, 1.82) is 0 Å². The number of aliphatic hydroxyl groups is 1. The number of fused-ring (bicyclic) bond motifs is 2. The molecule has 3 unspecified atom stereocenters. The van der Waals surface area contributed by atoms with Crippen LogP contribution in [0.15, 0.2) is 11.4 Å². The van der Waals surface area contributed by atoms with Gasteiger partial charge in [-0.15, -0.1) is 11.3 Å².